The van der Waals surface area contributed by atoms with E-state index in [9.17, 15) is 4.39 Å². The number of hydrogen-bond donors (Lipinski definition) is 1. The average molecular weight is 339 g/mol. The van der Waals surface area contributed by atoms with Crippen LogP contribution in [0.2, 0.25) is 0 Å². The van der Waals surface area contributed by atoms with Gasteiger partial charge in [0.05, 0.1) is 0 Å². The molecule has 1 aliphatic heterocycles. The molecule has 0 aromatic carbocycles. The van der Waals surface area contributed by atoms with Gasteiger partial charge in [0.15, 0.2) is 0 Å². The van der Waals surface area contributed by atoms with Crippen LogP contribution < -0.4 is 0 Å². The van der Waals surface area contributed by atoms with E-state index in [0.29, 0.717) is 0 Å². The molecular formula is C21H35FS. The average Bonchev–Trinajstić information content (AvgIpc) is 2.98. The maximum absolute atomic E-state index is 14.1. The van der Waals surface area contributed by atoms with Gasteiger partial charge in [0, 0.05) is 5.57 Å². The molecule has 23 heavy (non-hydrogen) atoms. The molecule has 1 aliphatic rings. The van der Waals surface area contributed by atoms with Crippen molar-refractivity contribution < 1.29 is 4.39 Å². The summed E-state index contributed by atoms with van der Waals surface area (Å²) in [7, 11) is -0.357. The molecule has 0 spiro atoms. The van der Waals surface area contributed by atoms with Gasteiger partial charge in [-0.25, -0.2) is 15.3 Å². The molecular weight excluding hydrogens is 303 g/mol. The summed E-state index contributed by atoms with van der Waals surface area (Å²) in [5.74, 6) is 1.05. The zero-order valence-electron chi connectivity index (χ0n) is 15.6. The Morgan fingerprint density at radius 3 is 2.43 bits per heavy atom. The van der Waals surface area contributed by atoms with Crippen LogP contribution in [0.25, 0.3) is 0 Å². The molecule has 0 aliphatic carbocycles. The van der Waals surface area contributed by atoms with E-state index in [0.717, 1.165) is 23.3 Å². The maximum atomic E-state index is 14.1. The van der Waals surface area contributed by atoms with Gasteiger partial charge in [-0.1, -0.05) is 57.8 Å². The van der Waals surface area contributed by atoms with Gasteiger partial charge in [-0.3, -0.25) is 0 Å². The van der Waals surface area contributed by atoms with Gasteiger partial charge in [-0.05, 0) is 61.2 Å². The SMILES string of the molecule is C=C(C)C1=C(/C(F)=C\C)CC[SH]1C(C)=CCCCCCCCC. The van der Waals surface area contributed by atoms with Crippen LogP contribution in [-0.4, -0.2) is 5.75 Å². The van der Waals surface area contributed by atoms with Crippen molar-refractivity contribution in [3.8, 4) is 0 Å². The normalized spacial score (nSPS) is 21.2. The van der Waals surface area contributed by atoms with Crippen molar-refractivity contribution in [2.75, 3.05) is 5.75 Å². The first-order chi connectivity index (χ1) is 11.0. The second kappa shape index (κ2) is 10.9. The van der Waals surface area contributed by atoms with Crippen molar-refractivity contribution in [1.29, 1.82) is 0 Å². The number of rotatable bonds is 10. The molecule has 1 heterocycles. The van der Waals surface area contributed by atoms with Crippen LogP contribution in [0.3, 0.4) is 0 Å². The Labute approximate surface area is 146 Å². The van der Waals surface area contributed by atoms with Crippen LogP contribution in [-0.2, 0) is 0 Å². The van der Waals surface area contributed by atoms with Gasteiger partial charge in [0.2, 0.25) is 0 Å². The molecule has 0 aromatic rings. The summed E-state index contributed by atoms with van der Waals surface area (Å²) in [6, 6.07) is 0. The predicted octanol–water partition coefficient (Wildman–Crippen LogP) is 7.75. The Hall–Kier alpha value is -0.760. The monoisotopic (exact) mass is 338 g/mol. The third kappa shape index (κ3) is 6.33. The van der Waals surface area contributed by atoms with E-state index >= 15 is 0 Å². The summed E-state index contributed by atoms with van der Waals surface area (Å²) in [6.07, 6.45) is 14.1. The lowest BCUT2D eigenvalue weighted by molar-refractivity contribution is 0.611. The smallest absolute Gasteiger partial charge is 0.123 e. The van der Waals surface area contributed by atoms with E-state index in [4.69, 9.17) is 0 Å². The first-order valence-electron chi connectivity index (χ1n) is 9.18. The van der Waals surface area contributed by atoms with Gasteiger partial charge in [-0.2, -0.15) is 0 Å². The number of unbranched alkanes of at least 4 members (excludes halogenated alkanes) is 6. The van der Waals surface area contributed by atoms with Crippen molar-refractivity contribution in [2.45, 2.75) is 79.1 Å². The van der Waals surface area contributed by atoms with Gasteiger partial charge < -0.3 is 0 Å². The molecule has 0 bridgehead atoms. The highest BCUT2D eigenvalue weighted by Crippen LogP contribution is 2.55. The lowest BCUT2D eigenvalue weighted by Crippen LogP contribution is -1.90. The van der Waals surface area contributed by atoms with Crippen LogP contribution in [0.15, 0.2) is 45.5 Å². The fraction of sp³-hybridized carbons (Fsp3) is 0.619. The van der Waals surface area contributed by atoms with Crippen LogP contribution >= 0.6 is 10.9 Å². The fourth-order valence-electron chi connectivity index (χ4n) is 3.21. The highest BCUT2D eigenvalue weighted by Gasteiger charge is 2.26. The molecule has 0 radical (unpaired) electrons. The Morgan fingerprint density at radius 2 is 1.83 bits per heavy atom. The van der Waals surface area contributed by atoms with E-state index in [1.807, 2.05) is 6.92 Å². The van der Waals surface area contributed by atoms with Crippen LogP contribution in [0.5, 0.6) is 0 Å². The molecule has 1 unspecified atom stereocenters. The highest BCUT2D eigenvalue weighted by atomic mass is 32.2. The molecule has 0 nitrogen and oxygen atoms in total. The van der Waals surface area contributed by atoms with Crippen molar-refractivity contribution in [1.82, 2.24) is 0 Å². The van der Waals surface area contributed by atoms with Crippen LogP contribution in [0.1, 0.15) is 79.1 Å². The minimum atomic E-state index is -0.357. The predicted molar refractivity (Wildman–Crippen MR) is 107 cm³/mol. The zero-order chi connectivity index (χ0) is 17.2. The van der Waals surface area contributed by atoms with Gasteiger partial charge in [0.25, 0.3) is 0 Å². The van der Waals surface area contributed by atoms with Crippen LogP contribution in [0, 0.1) is 0 Å². The van der Waals surface area contributed by atoms with Crippen LogP contribution in [0.4, 0.5) is 4.39 Å². The second-order valence-electron chi connectivity index (χ2n) is 6.55. The fourth-order valence-corrected chi connectivity index (χ4v) is 5.94. The second-order valence-corrected chi connectivity index (χ2v) is 9.00. The maximum Gasteiger partial charge on any atom is 0.123 e. The van der Waals surface area contributed by atoms with Crippen molar-refractivity contribution in [3.05, 3.63) is 45.5 Å². The molecule has 0 aromatic heterocycles. The Balaban J connectivity index is 2.61. The molecule has 0 fully saturated rings. The standard InChI is InChI=1S/C21H35FS/c1-6-8-9-10-11-12-13-14-18(5)23-16-15-19(20(22)7-2)21(23)17(3)4/h7,14,23H,3,6,8-13,15-16H2,1-2,4-5H3/b18-14?,20-7+. The third-order valence-electron chi connectivity index (χ3n) is 4.51. The van der Waals surface area contributed by atoms with Crippen molar-refractivity contribution in [2.24, 2.45) is 0 Å². The quantitative estimate of drug-likeness (QED) is 0.305. The molecule has 0 amide bonds. The minimum Gasteiger partial charge on any atom is -0.207 e. The Morgan fingerprint density at radius 1 is 1.17 bits per heavy atom. The Bertz CT molecular complexity index is 482. The van der Waals surface area contributed by atoms with E-state index < -0.39 is 0 Å². The van der Waals surface area contributed by atoms with E-state index in [1.54, 1.807) is 13.0 Å². The molecule has 2 heteroatoms. The van der Waals surface area contributed by atoms with Crippen molar-refractivity contribution >= 4 is 10.9 Å². The van der Waals surface area contributed by atoms with E-state index in [1.165, 1.54) is 54.8 Å². The third-order valence-corrected chi connectivity index (χ3v) is 7.41. The summed E-state index contributed by atoms with van der Waals surface area (Å²) < 4.78 is 14.1. The van der Waals surface area contributed by atoms with Gasteiger partial charge in [0.1, 0.15) is 5.83 Å². The summed E-state index contributed by atoms with van der Waals surface area (Å²) in [4.78, 5) is 2.68. The summed E-state index contributed by atoms with van der Waals surface area (Å²) in [5.41, 5.74) is 1.96. The lowest BCUT2D eigenvalue weighted by atomic mass is 10.1. The lowest BCUT2D eigenvalue weighted by Gasteiger charge is -2.21. The molecule has 0 saturated carbocycles. The zero-order valence-corrected chi connectivity index (χ0v) is 16.4. The number of hydrogen-bond acceptors (Lipinski definition) is 0. The molecule has 0 N–H and O–H groups in total. The minimum absolute atomic E-state index is 0.0447. The first-order valence-corrected chi connectivity index (χ1v) is 10.7. The summed E-state index contributed by atoms with van der Waals surface area (Å²) in [6.45, 7) is 12.4. The van der Waals surface area contributed by atoms with Gasteiger partial charge in [-0.15, -0.1) is 0 Å². The number of halogens is 1. The topological polar surface area (TPSA) is 0 Å². The van der Waals surface area contributed by atoms with E-state index in [-0.39, 0.29) is 16.7 Å². The molecule has 0 saturated heterocycles. The summed E-state index contributed by atoms with van der Waals surface area (Å²) >= 11 is 0. The number of allylic oxidation sites excluding steroid dienone is 6. The largest absolute Gasteiger partial charge is 0.207 e. The number of thiol groups is 1. The first kappa shape index (κ1) is 20.3. The molecule has 132 valence electrons. The highest BCUT2D eigenvalue weighted by molar-refractivity contribution is 8.24. The Kier molecular flexibility index (Phi) is 9.62. The summed E-state index contributed by atoms with van der Waals surface area (Å²) in [5, 5.41) is 0. The van der Waals surface area contributed by atoms with Gasteiger partial charge >= 0.3 is 0 Å². The van der Waals surface area contributed by atoms with Crippen molar-refractivity contribution in [3.63, 3.8) is 0 Å². The van der Waals surface area contributed by atoms with E-state index in [2.05, 4.69) is 26.5 Å². The molecule has 1 atom stereocenters. The molecule has 1 rings (SSSR count).